The number of aromatic nitrogens is 2. The number of thiophene rings is 1. The van der Waals surface area contributed by atoms with Crippen LogP contribution in [0.15, 0.2) is 22.8 Å². The Morgan fingerprint density at radius 1 is 1.53 bits per heavy atom. The number of hydrogen-bond donors (Lipinski definition) is 1. The summed E-state index contributed by atoms with van der Waals surface area (Å²) in [6.45, 7) is 5.19. The molecular formula is C12H16BrN3S. The molecule has 0 aliphatic heterocycles. The standard InChI is InChI=1S/C12H16BrN3S/c1-4-14-11(10-6-5-8(2)17-10)12-9(13)7-15-16(12)3/h5-7,11,14H,4H2,1-3H3. The number of nitrogens with zero attached hydrogens (tertiary/aromatic N) is 2. The van der Waals surface area contributed by atoms with Gasteiger partial charge < -0.3 is 5.32 Å². The van der Waals surface area contributed by atoms with Crippen molar-refractivity contribution in [1.29, 1.82) is 0 Å². The summed E-state index contributed by atoms with van der Waals surface area (Å²) >= 11 is 5.40. The lowest BCUT2D eigenvalue weighted by atomic mass is 10.1. The second-order valence-electron chi connectivity index (χ2n) is 3.94. The smallest absolute Gasteiger partial charge is 0.0853 e. The molecule has 1 N–H and O–H groups in total. The molecule has 0 radical (unpaired) electrons. The summed E-state index contributed by atoms with van der Waals surface area (Å²) in [4.78, 5) is 2.66. The van der Waals surface area contributed by atoms with E-state index in [0.717, 1.165) is 11.0 Å². The van der Waals surface area contributed by atoms with Gasteiger partial charge in [0.15, 0.2) is 0 Å². The topological polar surface area (TPSA) is 29.9 Å². The van der Waals surface area contributed by atoms with E-state index in [0.29, 0.717) is 0 Å². The Labute approximate surface area is 114 Å². The minimum absolute atomic E-state index is 0.209. The first-order chi connectivity index (χ1) is 8.13. The van der Waals surface area contributed by atoms with Crippen molar-refractivity contribution in [3.8, 4) is 0 Å². The molecule has 3 nitrogen and oxygen atoms in total. The molecule has 5 heteroatoms. The van der Waals surface area contributed by atoms with Gasteiger partial charge >= 0.3 is 0 Å². The zero-order valence-corrected chi connectivity index (χ0v) is 12.6. The molecule has 2 aromatic rings. The van der Waals surface area contributed by atoms with Gasteiger partial charge in [-0.2, -0.15) is 5.10 Å². The van der Waals surface area contributed by atoms with E-state index >= 15 is 0 Å². The monoisotopic (exact) mass is 313 g/mol. The number of halogens is 1. The molecule has 92 valence electrons. The number of hydrogen-bond acceptors (Lipinski definition) is 3. The van der Waals surface area contributed by atoms with Crippen LogP contribution < -0.4 is 5.32 Å². The predicted molar refractivity (Wildman–Crippen MR) is 75.5 cm³/mol. The molecule has 0 saturated heterocycles. The van der Waals surface area contributed by atoms with Gasteiger partial charge in [0.1, 0.15) is 0 Å². The predicted octanol–water partition coefficient (Wildman–Crippen LogP) is 3.25. The van der Waals surface area contributed by atoms with Gasteiger partial charge in [-0.05, 0) is 41.5 Å². The molecule has 0 aromatic carbocycles. The Kier molecular flexibility index (Phi) is 4.01. The molecule has 1 unspecified atom stereocenters. The van der Waals surface area contributed by atoms with Crippen molar-refractivity contribution in [2.24, 2.45) is 7.05 Å². The molecule has 17 heavy (non-hydrogen) atoms. The highest BCUT2D eigenvalue weighted by Crippen LogP contribution is 2.31. The minimum atomic E-state index is 0.209. The first-order valence-electron chi connectivity index (χ1n) is 5.60. The average molecular weight is 314 g/mol. The lowest BCUT2D eigenvalue weighted by Gasteiger charge is -2.17. The normalized spacial score (nSPS) is 12.9. The molecular weight excluding hydrogens is 298 g/mol. The van der Waals surface area contributed by atoms with Crippen molar-refractivity contribution in [3.05, 3.63) is 38.3 Å². The summed E-state index contributed by atoms with van der Waals surface area (Å²) in [7, 11) is 1.98. The third-order valence-electron chi connectivity index (χ3n) is 2.66. The molecule has 0 spiro atoms. The van der Waals surface area contributed by atoms with Gasteiger partial charge in [0, 0.05) is 16.8 Å². The molecule has 0 aliphatic rings. The van der Waals surface area contributed by atoms with Crippen molar-refractivity contribution in [2.75, 3.05) is 6.54 Å². The zero-order valence-electron chi connectivity index (χ0n) is 10.2. The molecule has 0 aliphatic carbocycles. The molecule has 0 saturated carbocycles. The van der Waals surface area contributed by atoms with Crippen LogP contribution in [0.25, 0.3) is 0 Å². The molecule has 0 amide bonds. The van der Waals surface area contributed by atoms with Crippen LogP contribution in [0.4, 0.5) is 0 Å². The van der Waals surface area contributed by atoms with Gasteiger partial charge in [0.05, 0.1) is 22.4 Å². The third-order valence-corrected chi connectivity index (χ3v) is 4.34. The summed E-state index contributed by atoms with van der Waals surface area (Å²) < 4.78 is 2.98. The quantitative estimate of drug-likeness (QED) is 0.939. The van der Waals surface area contributed by atoms with Gasteiger partial charge in [-0.25, -0.2) is 0 Å². The van der Waals surface area contributed by atoms with E-state index < -0.39 is 0 Å². The van der Waals surface area contributed by atoms with E-state index in [1.54, 1.807) is 0 Å². The van der Waals surface area contributed by atoms with Crippen molar-refractivity contribution >= 4 is 27.3 Å². The number of nitrogens with one attached hydrogen (secondary N) is 1. The number of rotatable bonds is 4. The van der Waals surface area contributed by atoms with E-state index in [2.05, 4.69) is 52.3 Å². The summed E-state index contributed by atoms with van der Waals surface area (Å²) in [5.41, 5.74) is 1.17. The van der Waals surface area contributed by atoms with Crippen molar-refractivity contribution in [1.82, 2.24) is 15.1 Å². The molecule has 0 bridgehead atoms. The van der Waals surface area contributed by atoms with Crippen molar-refractivity contribution in [3.63, 3.8) is 0 Å². The molecule has 0 fully saturated rings. The summed E-state index contributed by atoms with van der Waals surface area (Å²) in [6, 6.07) is 4.56. The van der Waals surface area contributed by atoms with Crippen LogP contribution in [-0.4, -0.2) is 16.3 Å². The van der Waals surface area contributed by atoms with E-state index in [4.69, 9.17) is 0 Å². The Balaban J connectivity index is 2.42. The second kappa shape index (κ2) is 5.33. The Hall–Kier alpha value is -0.650. The average Bonchev–Trinajstić information content (AvgIpc) is 2.84. The molecule has 2 heterocycles. The van der Waals surface area contributed by atoms with Crippen LogP contribution >= 0.6 is 27.3 Å². The molecule has 2 rings (SSSR count). The third kappa shape index (κ3) is 2.61. The SMILES string of the molecule is CCNC(c1ccc(C)s1)c1c(Br)cnn1C. The van der Waals surface area contributed by atoms with Crippen LogP contribution in [0.2, 0.25) is 0 Å². The van der Waals surface area contributed by atoms with Crippen LogP contribution in [0.3, 0.4) is 0 Å². The fourth-order valence-corrected chi connectivity index (χ4v) is 3.42. The zero-order chi connectivity index (χ0) is 12.4. The maximum atomic E-state index is 4.29. The van der Waals surface area contributed by atoms with E-state index in [1.807, 2.05) is 29.3 Å². The first-order valence-corrected chi connectivity index (χ1v) is 7.21. The Morgan fingerprint density at radius 3 is 2.76 bits per heavy atom. The van der Waals surface area contributed by atoms with Crippen molar-refractivity contribution in [2.45, 2.75) is 19.9 Å². The summed E-state index contributed by atoms with van der Waals surface area (Å²) in [5, 5.41) is 7.80. The number of aryl methyl sites for hydroxylation is 2. The maximum Gasteiger partial charge on any atom is 0.0853 e. The van der Waals surface area contributed by atoms with E-state index in [1.165, 1.54) is 15.4 Å². The highest BCUT2D eigenvalue weighted by molar-refractivity contribution is 9.10. The van der Waals surface area contributed by atoms with Crippen LogP contribution in [0.1, 0.15) is 28.4 Å². The first kappa shape index (κ1) is 12.8. The highest BCUT2D eigenvalue weighted by atomic mass is 79.9. The van der Waals surface area contributed by atoms with E-state index in [9.17, 15) is 0 Å². The lowest BCUT2D eigenvalue weighted by Crippen LogP contribution is -2.23. The molecule has 1 atom stereocenters. The summed E-state index contributed by atoms with van der Waals surface area (Å²) in [6.07, 6.45) is 1.85. The van der Waals surface area contributed by atoms with Crippen LogP contribution in [0, 0.1) is 6.92 Å². The van der Waals surface area contributed by atoms with E-state index in [-0.39, 0.29) is 6.04 Å². The van der Waals surface area contributed by atoms with Gasteiger partial charge in [-0.15, -0.1) is 11.3 Å². The fourth-order valence-electron chi connectivity index (χ4n) is 1.89. The highest BCUT2D eigenvalue weighted by Gasteiger charge is 2.21. The Bertz CT molecular complexity index is 484. The maximum absolute atomic E-state index is 4.29. The Morgan fingerprint density at radius 2 is 2.29 bits per heavy atom. The second-order valence-corrected chi connectivity index (χ2v) is 6.11. The largest absolute Gasteiger partial charge is 0.305 e. The van der Waals surface area contributed by atoms with Gasteiger partial charge in [0.2, 0.25) is 0 Å². The summed E-state index contributed by atoms with van der Waals surface area (Å²) in [5.74, 6) is 0. The van der Waals surface area contributed by atoms with Crippen molar-refractivity contribution < 1.29 is 0 Å². The lowest BCUT2D eigenvalue weighted by molar-refractivity contribution is 0.577. The molecule has 2 aromatic heterocycles. The minimum Gasteiger partial charge on any atom is -0.305 e. The van der Waals surface area contributed by atoms with Gasteiger partial charge in [0.25, 0.3) is 0 Å². The van der Waals surface area contributed by atoms with Gasteiger partial charge in [-0.1, -0.05) is 6.92 Å². The van der Waals surface area contributed by atoms with Crippen LogP contribution in [0.5, 0.6) is 0 Å². The van der Waals surface area contributed by atoms with Crippen LogP contribution in [-0.2, 0) is 7.05 Å². The fraction of sp³-hybridized carbons (Fsp3) is 0.417. The van der Waals surface area contributed by atoms with Gasteiger partial charge in [-0.3, -0.25) is 4.68 Å².